The number of hydrogen-bond acceptors (Lipinski definition) is 9. The van der Waals surface area contributed by atoms with E-state index in [1.165, 1.54) is 20.8 Å². The molecule has 1 aliphatic heterocycles. The van der Waals surface area contributed by atoms with E-state index < -0.39 is 53.8 Å². The quantitative estimate of drug-likeness (QED) is 0.284. The molecule has 2 N–H and O–H groups in total. The molecule has 0 amide bonds. The second kappa shape index (κ2) is 14.4. The Bertz CT molecular complexity index is 1370. The summed E-state index contributed by atoms with van der Waals surface area (Å²) < 4.78 is 38.6. The zero-order valence-electron chi connectivity index (χ0n) is 25.8. The van der Waals surface area contributed by atoms with Gasteiger partial charge in [0.15, 0.2) is 17.2 Å². The van der Waals surface area contributed by atoms with Crippen molar-refractivity contribution in [3.63, 3.8) is 0 Å². The summed E-state index contributed by atoms with van der Waals surface area (Å²) >= 11 is 0. The molecule has 9 nitrogen and oxygen atoms in total. The van der Waals surface area contributed by atoms with E-state index in [1.807, 2.05) is 60.7 Å². The molecule has 3 aromatic rings. The van der Waals surface area contributed by atoms with Crippen LogP contribution in [-0.2, 0) is 48.4 Å². The van der Waals surface area contributed by atoms with E-state index in [2.05, 4.69) is 0 Å². The first kappa shape index (κ1) is 31.0. The summed E-state index contributed by atoms with van der Waals surface area (Å²) in [5.41, 5.74) is 0.284. The third kappa shape index (κ3) is 7.21. The fraction of sp³-hybridized carbons (Fsp3) is 0.412. The first-order chi connectivity index (χ1) is 21.0. The molecule has 0 radical (unpaired) electrons. The van der Waals surface area contributed by atoms with Crippen molar-refractivity contribution in [1.82, 2.24) is 0 Å². The highest BCUT2D eigenvalue weighted by atomic mass is 16.7. The minimum absolute atomic E-state index is 0.0156. The number of methoxy groups -OCH3 is 1. The van der Waals surface area contributed by atoms with Crippen LogP contribution in [0.2, 0.25) is 0 Å². The SMILES string of the molecule is [2H]C(C)C(=O)C1(O)O[C@H](C(O)C(C)=O)[C@H](OCc2ccccc2)[C@H](OCc2ccccc2)[C@@]1(C)OCc1ccc(OC)cc1. The van der Waals surface area contributed by atoms with Gasteiger partial charge in [-0.3, -0.25) is 9.59 Å². The predicted molar refractivity (Wildman–Crippen MR) is 158 cm³/mol. The number of Topliss-reactive ketones (excluding diaryl/α,β-unsaturated/α-hetero) is 2. The Hall–Kier alpha value is -3.44. The molecule has 3 aromatic carbocycles. The molecule has 9 heteroatoms. The Balaban J connectivity index is 1.82. The highest BCUT2D eigenvalue weighted by Crippen LogP contribution is 2.45. The molecule has 43 heavy (non-hydrogen) atoms. The number of aliphatic hydroxyl groups is 2. The molecule has 1 heterocycles. The van der Waals surface area contributed by atoms with Crippen molar-refractivity contribution in [3.05, 3.63) is 102 Å². The van der Waals surface area contributed by atoms with Crippen molar-refractivity contribution in [2.24, 2.45) is 0 Å². The Morgan fingerprint density at radius 2 is 1.44 bits per heavy atom. The number of rotatable bonds is 14. The Morgan fingerprint density at radius 1 is 0.907 bits per heavy atom. The summed E-state index contributed by atoms with van der Waals surface area (Å²) in [5, 5.41) is 23.2. The number of benzene rings is 3. The second-order valence-electron chi connectivity index (χ2n) is 10.7. The van der Waals surface area contributed by atoms with Crippen molar-refractivity contribution < 1.29 is 44.9 Å². The lowest BCUT2D eigenvalue weighted by Gasteiger charge is -2.55. The van der Waals surface area contributed by atoms with Crippen LogP contribution in [0.15, 0.2) is 84.9 Å². The third-order valence-electron chi connectivity index (χ3n) is 7.72. The molecule has 0 aromatic heterocycles. The van der Waals surface area contributed by atoms with E-state index in [-0.39, 0.29) is 19.8 Å². The summed E-state index contributed by atoms with van der Waals surface area (Å²) in [4.78, 5) is 26.2. The molecule has 0 bridgehead atoms. The van der Waals surface area contributed by atoms with Gasteiger partial charge in [-0.05, 0) is 42.7 Å². The zero-order chi connectivity index (χ0) is 31.9. The van der Waals surface area contributed by atoms with Gasteiger partial charge in [0, 0.05) is 7.77 Å². The highest BCUT2D eigenvalue weighted by Gasteiger charge is 2.68. The van der Waals surface area contributed by atoms with Crippen LogP contribution >= 0.6 is 0 Å². The maximum atomic E-state index is 13.7. The van der Waals surface area contributed by atoms with Gasteiger partial charge in [0.05, 0.1) is 26.9 Å². The van der Waals surface area contributed by atoms with E-state index in [9.17, 15) is 19.8 Å². The van der Waals surface area contributed by atoms with E-state index in [0.29, 0.717) is 11.3 Å². The molecule has 1 aliphatic rings. The van der Waals surface area contributed by atoms with Crippen LogP contribution in [0, 0.1) is 0 Å². The van der Waals surface area contributed by atoms with Gasteiger partial charge in [-0.25, -0.2) is 0 Å². The van der Waals surface area contributed by atoms with Gasteiger partial charge in [-0.15, -0.1) is 0 Å². The zero-order valence-corrected chi connectivity index (χ0v) is 24.8. The maximum absolute atomic E-state index is 13.7. The molecular weight excluding hydrogens is 552 g/mol. The largest absolute Gasteiger partial charge is 0.497 e. The highest BCUT2D eigenvalue weighted by molar-refractivity contribution is 5.87. The van der Waals surface area contributed by atoms with Crippen molar-refractivity contribution >= 4 is 11.6 Å². The molecule has 7 atom stereocenters. The van der Waals surface area contributed by atoms with E-state index in [4.69, 9.17) is 25.1 Å². The lowest BCUT2D eigenvalue weighted by Crippen LogP contribution is -2.77. The van der Waals surface area contributed by atoms with Crippen molar-refractivity contribution in [2.75, 3.05) is 7.11 Å². The molecule has 1 saturated heterocycles. The Labute approximate surface area is 253 Å². The van der Waals surface area contributed by atoms with Gasteiger partial charge >= 0.3 is 0 Å². The van der Waals surface area contributed by atoms with Crippen LogP contribution < -0.4 is 4.74 Å². The molecule has 0 saturated carbocycles. The number of ketones is 2. The van der Waals surface area contributed by atoms with Crippen molar-refractivity contribution in [3.8, 4) is 5.75 Å². The van der Waals surface area contributed by atoms with Crippen LogP contribution in [0.1, 0.15) is 45.2 Å². The van der Waals surface area contributed by atoms with E-state index >= 15 is 0 Å². The summed E-state index contributed by atoms with van der Waals surface area (Å²) in [5.74, 6) is -3.86. The van der Waals surface area contributed by atoms with Gasteiger partial charge in [0.1, 0.15) is 30.2 Å². The fourth-order valence-corrected chi connectivity index (χ4v) is 5.13. The van der Waals surface area contributed by atoms with Crippen LogP contribution in [0.25, 0.3) is 0 Å². The van der Waals surface area contributed by atoms with Gasteiger partial charge in [0.25, 0.3) is 5.79 Å². The van der Waals surface area contributed by atoms with Crippen molar-refractivity contribution in [1.29, 1.82) is 0 Å². The van der Waals surface area contributed by atoms with Crippen LogP contribution in [0.3, 0.4) is 0 Å². The summed E-state index contributed by atoms with van der Waals surface area (Å²) in [6, 6.07) is 25.5. The van der Waals surface area contributed by atoms with Crippen LogP contribution in [0.4, 0.5) is 0 Å². The first-order valence-corrected chi connectivity index (χ1v) is 14.1. The van der Waals surface area contributed by atoms with Gasteiger partial charge < -0.3 is 33.9 Å². The molecule has 1 fully saturated rings. The number of hydrogen-bond donors (Lipinski definition) is 2. The van der Waals surface area contributed by atoms with Crippen LogP contribution in [-0.4, -0.2) is 64.7 Å². The maximum Gasteiger partial charge on any atom is 0.259 e. The predicted octanol–water partition coefficient (Wildman–Crippen LogP) is 4.16. The number of ether oxygens (including phenoxy) is 5. The molecular formula is C34H40O9. The second-order valence-corrected chi connectivity index (χ2v) is 10.7. The van der Waals surface area contributed by atoms with E-state index in [0.717, 1.165) is 11.1 Å². The minimum Gasteiger partial charge on any atom is -0.497 e. The molecule has 230 valence electrons. The molecule has 4 rings (SSSR count). The first-order valence-electron chi connectivity index (χ1n) is 14.7. The van der Waals surface area contributed by atoms with Crippen molar-refractivity contribution in [2.45, 2.75) is 82.8 Å². The average molecular weight is 594 g/mol. The number of carbonyl (C=O) groups is 2. The fourth-order valence-electron chi connectivity index (χ4n) is 5.13. The standard InChI is InChI=1S/C34H40O9/c1-5-28(36)34(38)33(3,42-22-26-16-18-27(39-4)19-17-26)32(41-21-25-14-10-7-11-15-25)31(30(43-34)29(37)23(2)35)40-20-24-12-8-6-9-13-24/h6-19,29-32,37-38H,5,20-22H2,1-4H3/t29?,30-,31+,32+,33-,34?/m1/s1/i5D/t5?,29?,30-,31+,32+,33-,34?. The topological polar surface area (TPSA) is 121 Å². The summed E-state index contributed by atoms with van der Waals surface area (Å²) in [6.45, 7) is 3.88. The average Bonchev–Trinajstić information content (AvgIpc) is 3.04. The number of carbonyl (C=O) groups excluding carboxylic acids is 2. The molecule has 0 aliphatic carbocycles. The monoisotopic (exact) mass is 593 g/mol. The lowest BCUT2D eigenvalue weighted by molar-refractivity contribution is -0.390. The van der Waals surface area contributed by atoms with Gasteiger partial charge in [0.2, 0.25) is 0 Å². The minimum atomic E-state index is -2.81. The third-order valence-corrected chi connectivity index (χ3v) is 7.72. The Morgan fingerprint density at radius 3 is 1.95 bits per heavy atom. The lowest BCUT2D eigenvalue weighted by atomic mass is 9.76. The number of aliphatic hydroxyl groups excluding tert-OH is 1. The van der Waals surface area contributed by atoms with Gasteiger partial charge in [-0.2, -0.15) is 0 Å². The molecule has 3 unspecified atom stereocenters. The normalized spacial score (nSPS) is 27.1. The summed E-state index contributed by atoms with van der Waals surface area (Å²) in [7, 11) is 1.55. The van der Waals surface area contributed by atoms with E-state index in [1.54, 1.807) is 31.4 Å². The molecule has 0 spiro atoms. The van der Waals surface area contributed by atoms with Crippen LogP contribution in [0.5, 0.6) is 5.75 Å². The van der Waals surface area contributed by atoms with Gasteiger partial charge in [-0.1, -0.05) is 79.7 Å². The Kier molecular flexibility index (Phi) is 10.3. The summed E-state index contributed by atoms with van der Waals surface area (Å²) in [6.07, 6.45) is -7.25. The smallest absolute Gasteiger partial charge is 0.259 e.